The Morgan fingerprint density at radius 3 is 2.04 bits per heavy atom. The number of nitrogens with zero attached hydrogens (tertiary/aromatic N) is 5. The minimum Gasteiger partial charge on any atom is -0.351 e. The molecule has 0 saturated heterocycles. The van der Waals surface area contributed by atoms with Crippen LogP contribution < -0.4 is 21.7 Å². The summed E-state index contributed by atoms with van der Waals surface area (Å²) in [6, 6.07) is 11.8. The second-order valence-corrected chi connectivity index (χ2v) is 15.7. The Morgan fingerprint density at radius 1 is 0.833 bits per heavy atom. The van der Waals surface area contributed by atoms with Gasteiger partial charge in [0.25, 0.3) is 20.2 Å². The summed E-state index contributed by atoms with van der Waals surface area (Å²) in [6.07, 6.45) is -1.22. The molecule has 8 N–H and O–H groups in total. The fourth-order valence-electron chi connectivity index (χ4n) is 4.51. The molecule has 5 aromatic rings. The third-order valence-electron chi connectivity index (χ3n) is 6.73. The summed E-state index contributed by atoms with van der Waals surface area (Å²) in [5.41, 5.74) is 4.77. The summed E-state index contributed by atoms with van der Waals surface area (Å²) in [7, 11) is -13.7. The number of primary amides is 1. The maximum absolute atomic E-state index is 14.4. The third kappa shape index (κ3) is 9.63. The quantitative estimate of drug-likeness (QED) is 0.0242. The van der Waals surface area contributed by atoms with Gasteiger partial charge >= 0.3 is 12.1 Å². The number of sulfone groups is 1. The summed E-state index contributed by atoms with van der Waals surface area (Å²) in [5.74, 6) is -0.620. The molecular formula is C28H22FN9O12S4. The summed E-state index contributed by atoms with van der Waals surface area (Å²) in [4.78, 5) is 21.3. The van der Waals surface area contributed by atoms with E-state index in [0.29, 0.717) is 17.7 Å². The molecule has 4 aromatic carbocycles. The maximum atomic E-state index is 14.4. The van der Waals surface area contributed by atoms with Gasteiger partial charge in [-0.15, -0.1) is 14.6 Å². The van der Waals surface area contributed by atoms with Gasteiger partial charge in [-0.3, -0.25) is 9.11 Å². The van der Waals surface area contributed by atoms with E-state index in [0.717, 1.165) is 23.6 Å². The second kappa shape index (κ2) is 15.7. The molecule has 0 aliphatic rings. The minimum atomic E-state index is -5.06. The fraction of sp³-hybridized carbons (Fsp3) is 0. The van der Waals surface area contributed by atoms with Crippen molar-refractivity contribution in [3.05, 3.63) is 84.8 Å². The van der Waals surface area contributed by atoms with Gasteiger partial charge in [-0.25, -0.2) is 18.5 Å². The van der Waals surface area contributed by atoms with Crippen molar-refractivity contribution < 1.29 is 58.2 Å². The van der Waals surface area contributed by atoms with Crippen molar-refractivity contribution in [2.24, 2.45) is 16.0 Å². The van der Waals surface area contributed by atoms with Crippen LogP contribution in [-0.4, -0.2) is 60.6 Å². The molecule has 0 spiro atoms. The van der Waals surface area contributed by atoms with E-state index in [-0.39, 0.29) is 49.5 Å². The molecule has 282 valence electrons. The molecule has 0 saturated carbocycles. The molecular weight excluding hydrogens is 802 g/mol. The monoisotopic (exact) mass is 823 g/mol. The number of amides is 2. The lowest BCUT2D eigenvalue weighted by atomic mass is 10.1. The van der Waals surface area contributed by atoms with Crippen LogP contribution >= 0.6 is 12.0 Å². The van der Waals surface area contributed by atoms with Gasteiger partial charge in [-0.05, 0) is 72.1 Å². The first-order chi connectivity index (χ1) is 25.4. The number of anilines is 5. The summed E-state index contributed by atoms with van der Waals surface area (Å²) >= 11 is 0.298. The molecule has 54 heavy (non-hydrogen) atoms. The Bertz CT molecular complexity index is 2670. The van der Waals surface area contributed by atoms with Crippen molar-refractivity contribution in [2.45, 2.75) is 19.6 Å². The highest BCUT2D eigenvalue weighted by Crippen LogP contribution is 2.38. The topological polar surface area (TPSA) is 324 Å². The van der Waals surface area contributed by atoms with Gasteiger partial charge in [-0.1, -0.05) is 11.6 Å². The zero-order valence-corrected chi connectivity index (χ0v) is 29.7. The number of urea groups is 1. The highest BCUT2D eigenvalue weighted by atomic mass is 32.2. The number of carbonyl (C=O) groups excluding carboxylic acids is 1. The molecule has 0 bridgehead atoms. The van der Waals surface area contributed by atoms with Gasteiger partial charge < -0.3 is 21.7 Å². The predicted octanol–water partition coefficient (Wildman–Crippen LogP) is 5.40. The molecule has 26 heteroatoms. The van der Waals surface area contributed by atoms with Gasteiger partial charge in [0.2, 0.25) is 11.9 Å². The molecule has 1 heterocycles. The molecule has 0 aliphatic carbocycles. The highest BCUT2D eigenvalue weighted by molar-refractivity contribution is 7.94. The Labute approximate surface area is 307 Å². The number of nitrogens with two attached hydrogens (primary N) is 1. The average Bonchev–Trinajstić information content (AvgIpc) is 3.08. The van der Waals surface area contributed by atoms with Crippen molar-refractivity contribution in [3.8, 4) is 0 Å². The standard InChI is InChI=1S/C28H22FN9O12S4/c1-2-52(41,42)18-6-3-15(4-7-18)31-27-34-25(29)35-28(36-27)32-16-5-8-20(21(11-16)33-26(30)39)37-38-22-13-19-14(10-24(22)54(46,47)48)9-17(51-50-49-40)12-23(19)53(43,44)45/h2-13,40H,1H2,(H3,30,33,39)(H,43,44,45)(H,46,47,48)(H2,31,32,34,35,36). The Kier molecular flexibility index (Phi) is 11.5. The Morgan fingerprint density at radius 2 is 1.44 bits per heavy atom. The molecule has 5 rings (SSSR count). The highest BCUT2D eigenvalue weighted by Gasteiger charge is 2.23. The van der Waals surface area contributed by atoms with E-state index < -0.39 is 57.7 Å². The third-order valence-corrected chi connectivity index (χ3v) is 10.4. The molecule has 0 radical (unpaired) electrons. The largest absolute Gasteiger partial charge is 0.351 e. The normalized spacial score (nSPS) is 12.1. The summed E-state index contributed by atoms with van der Waals surface area (Å²) in [6.45, 7) is 3.26. The van der Waals surface area contributed by atoms with Gasteiger partial charge in [0.15, 0.2) is 9.84 Å². The van der Waals surface area contributed by atoms with Crippen LogP contribution in [0.5, 0.6) is 0 Å². The maximum Gasteiger partial charge on any atom is 0.316 e. The number of aromatic nitrogens is 3. The van der Waals surface area contributed by atoms with Crippen LogP contribution in [-0.2, 0) is 39.4 Å². The first kappa shape index (κ1) is 39.5. The minimum absolute atomic E-state index is 0.0335. The van der Waals surface area contributed by atoms with E-state index in [2.05, 4.69) is 57.1 Å². The van der Waals surface area contributed by atoms with E-state index in [1.807, 2.05) is 0 Å². The van der Waals surface area contributed by atoms with E-state index >= 15 is 0 Å². The first-order valence-electron chi connectivity index (χ1n) is 14.1. The lowest BCUT2D eigenvalue weighted by Crippen LogP contribution is -2.19. The van der Waals surface area contributed by atoms with E-state index in [9.17, 15) is 43.5 Å². The Hall–Kier alpha value is -5.71. The number of benzene rings is 4. The van der Waals surface area contributed by atoms with Crippen LogP contribution in [0, 0.1) is 6.08 Å². The fourth-order valence-corrected chi connectivity index (χ4v) is 7.11. The summed E-state index contributed by atoms with van der Waals surface area (Å²) in [5, 5.41) is 27.7. The van der Waals surface area contributed by atoms with Crippen LogP contribution in [0.4, 0.5) is 49.5 Å². The predicted molar refractivity (Wildman–Crippen MR) is 188 cm³/mol. The lowest BCUT2D eigenvalue weighted by Gasteiger charge is -2.12. The van der Waals surface area contributed by atoms with Crippen LogP contribution in [0.25, 0.3) is 10.8 Å². The van der Waals surface area contributed by atoms with Gasteiger partial charge in [0.05, 0.1) is 22.6 Å². The number of halogens is 1. The number of azo groups is 1. The zero-order valence-electron chi connectivity index (χ0n) is 26.5. The van der Waals surface area contributed by atoms with Gasteiger partial charge in [-0.2, -0.15) is 36.2 Å². The molecule has 1 aromatic heterocycles. The number of hydrogen-bond acceptors (Lipinski definition) is 18. The van der Waals surface area contributed by atoms with Gasteiger partial charge in [0.1, 0.15) is 21.2 Å². The van der Waals surface area contributed by atoms with Crippen LogP contribution in [0.3, 0.4) is 0 Å². The van der Waals surface area contributed by atoms with Crippen molar-refractivity contribution in [3.63, 3.8) is 0 Å². The van der Waals surface area contributed by atoms with Crippen molar-refractivity contribution >= 4 is 99.3 Å². The van der Waals surface area contributed by atoms with Gasteiger partial charge in [0, 0.05) is 27.1 Å². The molecule has 0 fully saturated rings. The molecule has 2 amide bonds. The first-order valence-corrected chi connectivity index (χ1v) is 19.3. The van der Waals surface area contributed by atoms with E-state index in [4.69, 9.17) is 11.0 Å². The van der Waals surface area contributed by atoms with Crippen molar-refractivity contribution in [1.82, 2.24) is 15.0 Å². The number of nitrogens with one attached hydrogen (secondary N) is 3. The van der Waals surface area contributed by atoms with Crippen LogP contribution in [0.2, 0.25) is 0 Å². The smallest absolute Gasteiger partial charge is 0.316 e. The van der Waals surface area contributed by atoms with E-state index in [1.54, 1.807) is 0 Å². The van der Waals surface area contributed by atoms with Crippen molar-refractivity contribution in [1.29, 1.82) is 0 Å². The number of hydrogen-bond donors (Lipinski definition) is 7. The Balaban J connectivity index is 1.49. The second-order valence-electron chi connectivity index (χ2n) is 10.3. The zero-order chi connectivity index (χ0) is 39.4. The summed E-state index contributed by atoms with van der Waals surface area (Å²) < 4.78 is 112. The number of rotatable bonds is 14. The molecule has 0 unspecified atom stereocenters. The molecule has 0 atom stereocenters. The van der Waals surface area contributed by atoms with Crippen LogP contribution in [0.15, 0.2) is 109 Å². The van der Waals surface area contributed by atoms with Crippen molar-refractivity contribution in [2.75, 3.05) is 16.0 Å². The molecule has 21 nitrogen and oxygen atoms in total. The SMILES string of the molecule is C=CS(=O)(=O)c1ccc(Nc2nc(F)nc(Nc3ccc(N=Nc4cc5c(S(=O)(=O)O)cc(SOOO)cc5cc4S(=O)(=O)O)c(NC(N)=O)c3)n2)cc1. The van der Waals surface area contributed by atoms with E-state index in [1.165, 1.54) is 48.5 Å². The number of carbonyl (C=O) groups is 1. The molecule has 0 aliphatic heterocycles. The lowest BCUT2D eigenvalue weighted by molar-refractivity contribution is -0.432. The number of fused-ring (bicyclic) bond motifs is 1. The average molecular weight is 824 g/mol. The van der Waals surface area contributed by atoms with Crippen LogP contribution in [0.1, 0.15) is 0 Å².